The first-order chi connectivity index (χ1) is 9.83. The Labute approximate surface area is 129 Å². The Morgan fingerprint density at radius 2 is 0.550 bits per heavy atom. The van der Waals surface area contributed by atoms with Gasteiger partial charge in [0.05, 0.1) is 0 Å². The van der Waals surface area contributed by atoms with E-state index in [9.17, 15) is 0 Å². The Hall–Kier alpha value is -0.780. The summed E-state index contributed by atoms with van der Waals surface area (Å²) >= 11 is 0. The Kier molecular flexibility index (Phi) is 25.1. The van der Waals surface area contributed by atoms with Gasteiger partial charge in [-0.3, -0.25) is 0 Å². The molecule has 1 aromatic carbocycles. The van der Waals surface area contributed by atoms with Crippen LogP contribution in [0, 0.1) is 0 Å². The van der Waals surface area contributed by atoms with Crippen LogP contribution in [0.1, 0.15) is 91.9 Å². The van der Waals surface area contributed by atoms with Crippen molar-refractivity contribution in [2.45, 2.75) is 91.9 Å². The van der Waals surface area contributed by atoms with Crippen LogP contribution < -0.4 is 0 Å². The minimum atomic E-state index is 1.36. The zero-order valence-electron chi connectivity index (χ0n) is 14.5. The monoisotopic (exact) mass is 278 g/mol. The molecule has 20 heavy (non-hydrogen) atoms. The van der Waals surface area contributed by atoms with Gasteiger partial charge >= 0.3 is 0 Å². The molecule has 0 heterocycles. The highest BCUT2D eigenvalue weighted by atomic mass is 13.9. The van der Waals surface area contributed by atoms with Crippen molar-refractivity contribution in [3.63, 3.8) is 0 Å². The van der Waals surface area contributed by atoms with E-state index < -0.39 is 0 Å². The summed E-state index contributed by atoms with van der Waals surface area (Å²) in [6, 6.07) is 12.0. The maximum atomic E-state index is 2.25. The van der Waals surface area contributed by atoms with Gasteiger partial charge in [0.15, 0.2) is 0 Å². The molecule has 0 heteroatoms. The van der Waals surface area contributed by atoms with Crippen molar-refractivity contribution in [2.24, 2.45) is 0 Å². The molecule has 0 aliphatic rings. The summed E-state index contributed by atoms with van der Waals surface area (Å²) in [7, 11) is 0. The van der Waals surface area contributed by atoms with Crippen LogP contribution in [0.3, 0.4) is 0 Å². The van der Waals surface area contributed by atoms with E-state index in [0.29, 0.717) is 0 Å². The molecule has 0 aliphatic carbocycles. The maximum absolute atomic E-state index is 2.25. The van der Waals surface area contributed by atoms with Crippen LogP contribution >= 0.6 is 0 Å². The first-order valence-corrected chi connectivity index (χ1v) is 8.83. The highest BCUT2D eigenvalue weighted by molar-refractivity contribution is 4.99. The molecule has 0 saturated heterocycles. The van der Waals surface area contributed by atoms with Crippen molar-refractivity contribution in [3.8, 4) is 0 Å². The van der Waals surface area contributed by atoms with Crippen LogP contribution in [-0.2, 0) is 0 Å². The third kappa shape index (κ3) is 25.9. The number of benzene rings is 1. The molecule has 0 fully saturated rings. The highest BCUT2D eigenvalue weighted by Gasteiger charge is 1.80. The normalized spacial score (nSPS) is 9.00. The molecule has 0 N–H and O–H groups in total. The van der Waals surface area contributed by atoms with Gasteiger partial charge in [-0.25, -0.2) is 0 Å². The molecule has 1 rings (SSSR count). The van der Waals surface area contributed by atoms with Gasteiger partial charge in [-0.05, 0) is 0 Å². The van der Waals surface area contributed by atoms with Gasteiger partial charge in [-0.2, -0.15) is 0 Å². The van der Waals surface area contributed by atoms with E-state index >= 15 is 0 Å². The standard InChI is InChI=1S/2C7H16.C6H6/c2*1-3-5-7-6-4-2;1-2-4-6-5-3-1/h2*3-7H2,1-2H3;1-6H. The lowest BCUT2D eigenvalue weighted by Gasteiger charge is -1.90. The Morgan fingerprint density at radius 1 is 0.350 bits per heavy atom. The molecule has 0 amide bonds. The molecular formula is C20H38. The molecule has 0 aliphatic heterocycles. The molecule has 0 atom stereocenters. The fourth-order valence-corrected chi connectivity index (χ4v) is 1.74. The lowest BCUT2D eigenvalue weighted by atomic mass is 10.2. The summed E-state index contributed by atoms with van der Waals surface area (Å²) in [5.74, 6) is 0. The fourth-order valence-electron chi connectivity index (χ4n) is 1.74. The lowest BCUT2D eigenvalue weighted by Crippen LogP contribution is -1.70. The van der Waals surface area contributed by atoms with E-state index in [1.54, 1.807) is 0 Å². The average Bonchev–Trinajstić information content (AvgIpc) is 2.51. The molecule has 1 aromatic rings. The SMILES string of the molecule is CCCCCCC.CCCCCCC.c1ccccc1. The average molecular weight is 279 g/mol. The first kappa shape index (κ1) is 21.5. The van der Waals surface area contributed by atoms with Crippen molar-refractivity contribution in [1.29, 1.82) is 0 Å². The van der Waals surface area contributed by atoms with E-state index in [1.165, 1.54) is 64.2 Å². The summed E-state index contributed by atoms with van der Waals surface area (Å²) in [6.45, 7) is 8.98. The quantitative estimate of drug-likeness (QED) is 0.428. The van der Waals surface area contributed by atoms with E-state index in [1.807, 2.05) is 36.4 Å². The van der Waals surface area contributed by atoms with Crippen molar-refractivity contribution in [2.75, 3.05) is 0 Å². The van der Waals surface area contributed by atoms with Crippen LogP contribution in [0.15, 0.2) is 36.4 Å². The van der Waals surface area contributed by atoms with Crippen LogP contribution in [0.5, 0.6) is 0 Å². The predicted molar refractivity (Wildman–Crippen MR) is 95.3 cm³/mol. The van der Waals surface area contributed by atoms with Crippen LogP contribution in [0.4, 0.5) is 0 Å². The third-order valence-electron chi connectivity index (χ3n) is 3.08. The molecule has 0 nitrogen and oxygen atoms in total. The molecule has 0 aromatic heterocycles. The molecule has 0 saturated carbocycles. The summed E-state index contributed by atoms with van der Waals surface area (Å²) in [6.07, 6.45) is 14.0. The van der Waals surface area contributed by atoms with E-state index in [2.05, 4.69) is 27.7 Å². The molecule has 0 bridgehead atoms. The smallest absolute Gasteiger partial charge is 0.0533 e. The van der Waals surface area contributed by atoms with E-state index in [-0.39, 0.29) is 0 Å². The van der Waals surface area contributed by atoms with Gasteiger partial charge in [-0.15, -0.1) is 0 Å². The zero-order chi connectivity index (χ0) is 15.3. The molecule has 0 unspecified atom stereocenters. The van der Waals surface area contributed by atoms with Crippen molar-refractivity contribution >= 4 is 0 Å². The van der Waals surface area contributed by atoms with Gasteiger partial charge in [0, 0.05) is 0 Å². The van der Waals surface area contributed by atoms with Crippen LogP contribution in [0.25, 0.3) is 0 Å². The molecule has 0 spiro atoms. The fraction of sp³-hybridized carbons (Fsp3) is 0.700. The zero-order valence-corrected chi connectivity index (χ0v) is 14.5. The second-order valence-electron chi connectivity index (χ2n) is 5.28. The summed E-state index contributed by atoms with van der Waals surface area (Å²) in [5, 5.41) is 0. The van der Waals surface area contributed by atoms with Gasteiger partial charge in [0.1, 0.15) is 0 Å². The summed E-state index contributed by atoms with van der Waals surface area (Å²) in [4.78, 5) is 0. The lowest BCUT2D eigenvalue weighted by molar-refractivity contribution is 0.656. The predicted octanol–water partition coefficient (Wildman–Crippen LogP) is 7.64. The van der Waals surface area contributed by atoms with Crippen molar-refractivity contribution in [1.82, 2.24) is 0 Å². The van der Waals surface area contributed by atoms with Gasteiger partial charge in [0.2, 0.25) is 0 Å². The topological polar surface area (TPSA) is 0 Å². The minimum absolute atomic E-state index is 1.36. The summed E-state index contributed by atoms with van der Waals surface area (Å²) < 4.78 is 0. The summed E-state index contributed by atoms with van der Waals surface area (Å²) in [5.41, 5.74) is 0. The number of hydrogen-bond donors (Lipinski definition) is 0. The van der Waals surface area contributed by atoms with Crippen molar-refractivity contribution < 1.29 is 0 Å². The first-order valence-electron chi connectivity index (χ1n) is 8.83. The number of hydrogen-bond acceptors (Lipinski definition) is 0. The van der Waals surface area contributed by atoms with Crippen LogP contribution in [0.2, 0.25) is 0 Å². The minimum Gasteiger partial charge on any atom is -0.0654 e. The van der Waals surface area contributed by atoms with E-state index in [0.717, 1.165) is 0 Å². The number of rotatable bonds is 8. The second-order valence-corrected chi connectivity index (χ2v) is 5.28. The van der Waals surface area contributed by atoms with Crippen LogP contribution in [-0.4, -0.2) is 0 Å². The second kappa shape index (κ2) is 23.3. The molecular weight excluding hydrogens is 240 g/mol. The third-order valence-corrected chi connectivity index (χ3v) is 3.08. The van der Waals surface area contributed by atoms with Gasteiger partial charge < -0.3 is 0 Å². The maximum Gasteiger partial charge on any atom is -0.0533 e. The Balaban J connectivity index is 0. The van der Waals surface area contributed by atoms with Gasteiger partial charge in [0.25, 0.3) is 0 Å². The Morgan fingerprint density at radius 3 is 0.700 bits per heavy atom. The Bertz CT molecular complexity index is 170. The molecule has 118 valence electrons. The van der Waals surface area contributed by atoms with E-state index in [4.69, 9.17) is 0 Å². The van der Waals surface area contributed by atoms with Crippen molar-refractivity contribution in [3.05, 3.63) is 36.4 Å². The molecule has 0 radical (unpaired) electrons. The number of unbranched alkanes of at least 4 members (excludes halogenated alkanes) is 8. The van der Waals surface area contributed by atoms with Gasteiger partial charge in [-0.1, -0.05) is 128 Å². The highest BCUT2D eigenvalue weighted by Crippen LogP contribution is 2.00. The largest absolute Gasteiger partial charge is 0.0654 e.